The number of amides is 1. The molecule has 2 aromatic rings. The highest BCUT2D eigenvalue weighted by Crippen LogP contribution is 2.23. The second-order valence-electron chi connectivity index (χ2n) is 5.78. The van der Waals surface area contributed by atoms with Crippen LogP contribution in [0.1, 0.15) is 19.4 Å². The van der Waals surface area contributed by atoms with Crippen LogP contribution >= 0.6 is 0 Å². The van der Waals surface area contributed by atoms with Crippen molar-refractivity contribution in [2.24, 2.45) is 5.73 Å². The molecule has 0 saturated heterocycles. The molecule has 23 heavy (non-hydrogen) atoms. The number of nitrogens with two attached hydrogens (primary N) is 1. The first-order valence-corrected chi connectivity index (χ1v) is 7.01. The molecule has 2 rings (SSSR count). The molecule has 2 heterocycles. The molecule has 0 fully saturated rings. The lowest BCUT2D eigenvalue weighted by atomic mass is 10.1. The molecule has 120 valence electrons. The van der Waals surface area contributed by atoms with Gasteiger partial charge in [-0.1, -0.05) is 6.08 Å². The summed E-state index contributed by atoms with van der Waals surface area (Å²) in [5.74, 6) is -0.223. The Balaban J connectivity index is 2.25. The minimum Gasteiger partial charge on any atom is -0.489 e. The first kappa shape index (κ1) is 16.5. The Bertz CT molecular complexity index is 794. The quantitative estimate of drug-likeness (QED) is 0.545. The Morgan fingerprint density at radius 1 is 1.61 bits per heavy atom. The lowest BCUT2D eigenvalue weighted by Crippen LogP contribution is -2.27. The van der Waals surface area contributed by atoms with Crippen molar-refractivity contribution in [1.29, 1.82) is 5.26 Å². The fraction of sp³-hybridized carbons (Fsp3) is 0.312. The molecule has 0 spiro atoms. The summed E-state index contributed by atoms with van der Waals surface area (Å²) in [5.41, 5.74) is 5.61. The molecule has 2 aromatic heterocycles. The fourth-order valence-corrected chi connectivity index (χ4v) is 1.96. The van der Waals surface area contributed by atoms with E-state index in [1.165, 1.54) is 6.08 Å². The van der Waals surface area contributed by atoms with Gasteiger partial charge in [-0.25, -0.2) is 4.98 Å². The van der Waals surface area contributed by atoms with Crippen molar-refractivity contribution in [3.05, 3.63) is 35.7 Å². The number of hydrogen-bond donors (Lipinski definition) is 3. The maximum atomic E-state index is 11.1. The normalized spacial score (nSPS) is 12.2. The molecular weight excluding hydrogens is 296 g/mol. The van der Waals surface area contributed by atoms with Crippen molar-refractivity contribution >= 4 is 16.9 Å². The number of primary amides is 1. The third-order valence-corrected chi connectivity index (χ3v) is 3.10. The van der Waals surface area contributed by atoms with Crippen molar-refractivity contribution in [2.75, 3.05) is 6.61 Å². The van der Waals surface area contributed by atoms with E-state index in [2.05, 4.69) is 9.97 Å². The molecule has 0 aliphatic rings. The number of aromatic amines is 1. The zero-order chi connectivity index (χ0) is 17.0. The summed E-state index contributed by atoms with van der Waals surface area (Å²) in [6.45, 7) is 3.44. The highest BCUT2D eigenvalue weighted by Gasteiger charge is 2.14. The highest BCUT2D eigenvalue weighted by atomic mass is 16.5. The van der Waals surface area contributed by atoms with Crippen LogP contribution < -0.4 is 10.5 Å². The van der Waals surface area contributed by atoms with Crippen LogP contribution in [-0.4, -0.2) is 33.2 Å². The number of fused-ring (bicyclic) bond motifs is 1. The molecule has 0 atom stereocenters. The van der Waals surface area contributed by atoms with E-state index in [1.54, 1.807) is 38.4 Å². The average Bonchev–Trinajstić information content (AvgIpc) is 2.87. The summed E-state index contributed by atoms with van der Waals surface area (Å²) in [5, 5.41) is 19.4. The number of ether oxygens (including phenoxy) is 1. The van der Waals surface area contributed by atoms with Gasteiger partial charge in [-0.2, -0.15) is 5.26 Å². The summed E-state index contributed by atoms with van der Waals surface area (Å²) in [6, 6.07) is 3.56. The standard InChI is InChI=1S/C16H18N4O3/c1-16(2,22)9-23-12-5-13-11(7-19-15(13)20-8-12)4-3-10(6-17)14(18)21/h3,5,7-8,22H,4,9H2,1-2H3,(H2,18,21)(H,19,20)/b10-3+. The van der Waals surface area contributed by atoms with Gasteiger partial charge >= 0.3 is 0 Å². The predicted octanol–water partition coefficient (Wildman–Crippen LogP) is 1.19. The maximum Gasteiger partial charge on any atom is 0.259 e. The van der Waals surface area contributed by atoms with E-state index in [1.807, 2.05) is 0 Å². The van der Waals surface area contributed by atoms with Crippen LogP contribution in [0.2, 0.25) is 0 Å². The third kappa shape index (κ3) is 4.31. The van der Waals surface area contributed by atoms with Crippen LogP contribution in [0.25, 0.3) is 11.0 Å². The second-order valence-corrected chi connectivity index (χ2v) is 5.78. The Morgan fingerprint density at radius 3 is 2.96 bits per heavy atom. The van der Waals surface area contributed by atoms with Gasteiger partial charge in [-0.15, -0.1) is 0 Å². The highest BCUT2D eigenvalue weighted by molar-refractivity contribution is 5.96. The van der Waals surface area contributed by atoms with Crippen molar-refractivity contribution in [3.63, 3.8) is 0 Å². The fourth-order valence-electron chi connectivity index (χ4n) is 1.96. The largest absolute Gasteiger partial charge is 0.489 e. The zero-order valence-corrected chi connectivity index (χ0v) is 13.0. The Hall–Kier alpha value is -2.85. The number of hydrogen-bond acceptors (Lipinski definition) is 5. The van der Waals surface area contributed by atoms with Crippen LogP contribution in [0, 0.1) is 11.3 Å². The lowest BCUT2D eigenvalue weighted by molar-refractivity contribution is -0.114. The number of pyridine rings is 1. The van der Waals surface area contributed by atoms with Gasteiger partial charge in [0.25, 0.3) is 5.91 Å². The molecule has 0 aromatic carbocycles. The predicted molar refractivity (Wildman–Crippen MR) is 84.5 cm³/mol. The van der Waals surface area contributed by atoms with E-state index < -0.39 is 11.5 Å². The molecule has 0 saturated carbocycles. The number of nitriles is 1. The van der Waals surface area contributed by atoms with Crippen molar-refractivity contribution in [3.8, 4) is 11.8 Å². The van der Waals surface area contributed by atoms with Gasteiger partial charge in [-0.3, -0.25) is 4.79 Å². The number of nitrogens with one attached hydrogen (secondary N) is 1. The van der Waals surface area contributed by atoms with E-state index in [-0.39, 0.29) is 12.2 Å². The number of allylic oxidation sites excluding steroid dienone is 1. The summed E-state index contributed by atoms with van der Waals surface area (Å²) in [6.07, 6.45) is 5.16. The molecule has 0 bridgehead atoms. The molecule has 7 nitrogen and oxygen atoms in total. The Kier molecular flexibility index (Phi) is 4.67. The van der Waals surface area contributed by atoms with E-state index >= 15 is 0 Å². The molecule has 0 aliphatic heterocycles. The first-order chi connectivity index (χ1) is 10.8. The second kappa shape index (κ2) is 6.50. The number of H-pyrrole nitrogens is 1. The van der Waals surface area contributed by atoms with E-state index in [0.717, 1.165) is 10.9 Å². The zero-order valence-electron chi connectivity index (χ0n) is 13.0. The van der Waals surface area contributed by atoms with Gasteiger partial charge < -0.3 is 20.6 Å². The van der Waals surface area contributed by atoms with Gasteiger partial charge in [0.2, 0.25) is 0 Å². The van der Waals surface area contributed by atoms with Crippen LogP contribution in [0.4, 0.5) is 0 Å². The SMILES string of the molecule is CC(C)(O)COc1cnc2[nH]cc(C/C=C(\C#N)C(N)=O)c2c1. The van der Waals surface area contributed by atoms with E-state index in [9.17, 15) is 9.90 Å². The number of nitrogens with zero attached hydrogens (tertiary/aromatic N) is 2. The molecule has 0 aliphatic carbocycles. The lowest BCUT2D eigenvalue weighted by Gasteiger charge is -2.17. The average molecular weight is 314 g/mol. The number of carbonyl (C=O) groups is 1. The summed E-state index contributed by atoms with van der Waals surface area (Å²) >= 11 is 0. The molecule has 0 radical (unpaired) electrons. The van der Waals surface area contributed by atoms with Crippen LogP contribution in [0.3, 0.4) is 0 Å². The first-order valence-electron chi connectivity index (χ1n) is 7.01. The van der Waals surface area contributed by atoms with Crippen LogP contribution in [0.5, 0.6) is 5.75 Å². The molecule has 7 heteroatoms. The topological polar surface area (TPSA) is 125 Å². The third-order valence-electron chi connectivity index (χ3n) is 3.10. The smallest absolute Gasteiger partial charge is 0.259 e. The number of aromatic nitrogens is 2. The minimum atomic E-state index is -0.943. The van der Waals surface area contributed by atoms with Gasteiger partial charge in [0.1, 0.15) is 29.6 Å². The molecule has 1 amide bonds. The Labute approximate surface area is 133 Å². The van der Waals surface area contributed by atoms with Gasteiger partial charge in [0.15, 0.2) is 0 Å². The monoisotopic (exact) mass is 314 g/mol. The minimum absolute atomic E-state index is 0.0817. The molecular formula is C16H18N4O3. The van der Waals surface area contributed by atoms with Crippen LogP contribution in [-0.2, 0) is 11.2 Å². The van der Waals surface area contributed by atoms with E-state index in [4.69, 9.17) is 15.7 Å². The summed E-state index contributed by atoms with van der Waals surface area (Å²) < 4.78 is 5.52. The summed E-state index contributed by atoms with van der Waals surface area (Å²) in [7, 11) is 0. The van der Waals surface area contributed by atoms with Crippen molar-refractivity contribution < 1.29 is 14.6 Å². The number of carbonyl (C=O) groups excluding carboxylic acids is 1. The van der Waals surface area contributed by atoms with Crippen molar-refractivity contribution in [1.82, 2.24) is 9.97 Å². The van der Waals surface area contributed by atoms with Gasteiger partial charge in [0, 0.05) is 11.6 Å². The molecule has 0 unspecified atom stereocenters. The number of aliphatic hydroxyl groups is 1. The van der Waals surface area contributed by atoms with Crippen molar-refractivity contribution in [2.45, 2.75) is 25.9 Å². The van der Waals surface area contributed by atoms with Gasteiger partial charge in [0.05, 0.1) is 11.8 Å². The number of rotatable bonds is 6. The van der Waals surface area contributed by atoms with E-state index in [0.29, 0.717) is 17.8 Å². The van der Waals surface area contributed by atoms with Crippen LogP contribution in [0.15, 0.2) is 30.1 Å². The molecule has 4 N–H and O–H groups in total. The summed E-state index contributed by atoms with van der Waals surface area (Å²) in [4.78, 5) is 18.3. The van der Waals surface area contributed by atoms with Gasteiger partial charge in [-0.05, 0) is 31.9 Å². The Morgan fingerprint density at radius 2 is 2.35 bits per heavy atom. The maximum absolute atomic E-state index is 11.1.